The Balaban J connectivity index is 1.99. The van der Waals surface area contributed by atoms with E-state index in [-0.39, 0.29) is 0 Å². The Hall–Kier alpha value is -1.31. The molecule has 98 valence electrons. The Labute approximate surface area is 111 Å². The second kappa shape index (κ2) is 6.58. The zero-order chi connectivity index (χ0) is 12.8. The molecule has 1 heterocycles. The van der Waals surface area contributed by atoms with Gasteiger partial charge < -0.3 is 5.32 Å². The molecule has 2 heteroatoms. The highest BCUT2D eigenvalue weighted by atomic mass is 15.0. The van der Waals surface area contributed by atoms with Crippen LogP contribution in [0.3, 0.4) is 0 Å². The van der Waals surface area contributed by atoms with Crippen LogP contribution in [-0.4, -0.2) is 12.4 Å². The molecule has 1 aliphatic rings. The van der Waals surface area contributed by atoms with Crippen LogP contribution >= 0.6 is 0 Å². The average molecular weight is 244 g/mol. The van der Waals surface area contributed by atoms with E-state index in [0.29, 0.717) is 5.92 Å². The lowest BCUT2D eigenvalue weighted by Gasteiger charge is -2.12. The third-order valence-electron chi connectivity index (χ3n) is 3.76. The lowest BCUT2D eigenvalue weighted by molar-refractivity contribution is 0.731. The van der Waals surface area contributed by atoms with Crippen molar-refractivity contribution in [1.29, 1.82) is 0 Å². The van der Waals surface area contributed by atoms with Crippen LogP contribution in [0, 0.1) is 0 Å². The molecule has 1 aromatic carbocycles. The van der Waals surface area contributed by atoms with Crippen molar-refractivity contribution in [2.24, 2.45) is 4.99 Å². The van der Waals surface area contributed by atoms with Gasteiger partial charge in [0.15, 0.2) is 0 Å². The lowest BCUT2D eigenvalue weighted by atomic mass is 9.99. The van der Waals surface area contributed by atoms with Crippen molar-refractivity contribution in [3.05, 3.63) is 29.8 Å². The molecule has 0 aromatic heterocycles. The van der Waals surface area contributed by atoms with Gasteiger partial charge in [-0.25, -0.2) is 0 Å². The second-order valence-corrected chi connectivity index (χ2v) is 5.20. The summed E-state index contributed by atoms with van der Waals surface area (Å²) in [7, 11) is 0. The van der Waals surface area contributed by atoms with Crippen molar-refractivity contribution < 1.29 is 0 Å². The van der Waals surface area contributed by atoms with Gasteiger partial charge in [-0.3, -0.25) is 4.99 Å². The highest BCUT2D eigenvalue weighted by molar-refractivity contribution is 5.95. The van der Waals surface area contributed by atoms with E-state index < -0.39 is 0 Å². The zero-order valence-corrected chi connectivity index (χ0v) is 11.6. The molecular weight excluding hydrogens is 220 g/mol. The normalized spacial score (nSPS) is 17.8. The van der Waals surface area contributed by atoms with Crippen molar-refractivity contribution in [2.45, 2.75) is 51.9 Å². The van der Waals surface area contributed by atoms with E-state index in [4.69, 9.17) is 0 Å². The first-order valence-electron chi connectivity index (χ1n) is 7.20. The summed E-state index contributed by atoms with van der Waals surface area (Å²) >= 11 is 0. The number of nitrogens with zero attached hydrogens (tertiary/aromatic N) is 1. The fourth-order valence-corrected chi connectivity index (χ4v) is 2.27. The fourth-order valence-electron chi connectivity index (χ4n) is 2.27. The van der Waals surface area contributed by atoms with Crippen LogP contribution in [0.2, 0.25) is 0 Å². The summed E-state index contributed by atoms with van der Waals surface area (Å²) in [6.45, 7) is 5.49. The van der Waals surface area contributed by atoms with Crippen molar-refractivity contribution >= 4 is 11.5 Å². The first-order chi connectivity index (χ1) is 8.79. The number of aliphatic imine (C=N–C) groups is 1. The zero-order valence-electron chi connectivity index (χ0n) is 11.6. The van der Waals surface area contributed by atoms with E-state index >= 15 is 0 Å². The summed E-state index contributed by atoms with van der Waals surface area (Å²) < 4.78 is 0. The van der Waals surface area contributed by atoms with E-state index in [1.165, 1.54) is 36.9 Å². The van der Waals surface area contributed by atoms with Crippen LogP contribution in [0.4, 0.5) is 5.69 Å². The van der Waals surface area contributed by atoms with Crippen molar-refractivity contribution in [1.82, 2.24) is 0 Å². The molecule has 0 saturated carbocycles. The molecule has 0 bridgehead atoms. The summed E-state index contributed by atoms with van der Waals surface area (Å²) in [5.74, 6) is 1.80. The molecule has 0 radical (unpaired) electrons. The summed E-state index contributed by atoms with van der Waals surface area (Å²) in [5.41, 5.74) is 2.59. The van der Waals surface area contributed by atoms with Crippen LogP contribution in [0.15, 0.2) is 29.3 Å². The number of rotatable bonds is 3. The maximum absolute atomic E-state index is 4.60. The Morgan fingerprint density at radius 2 is 1.94 bits per heavy atom. The number of amidine groups is 1. The Bertz CT molecular complexity index is 392. The largest absolute Gasteiger partial charge is 0.344 e. The molecule has 0 amide bonds. The fraction of sp³-hybridized carbons (Fsp3) is 0.562. The van der Waals surface area contributed by atoms with Gasteiger partial charge in [0.25, 0.3) is 0 Å². The Morgan fingerprint density at radius 3 is 2.67 bits per heavy atom. The maximum atomic E-state index is 4.60. The smallest absolute Gasteiger partial charge is 0.101 e. The van der Waals surface area contributed by atoms with Crippen LogP contribution in [-0.2, 0) is 0 Å². The van der Waals surface area contributed by atoms with E-state index in [1.807, 2.05) is 0 Å². The quantitative estimate of drug-likeness (QED) is 0.826. The highest BCUT2D eigenvalue weighted by Gasteiger charge is 2.06. The molecule has 18 heavy (non-hydrogen) atoms. The summed E-state index contributed by atoms with van der Waals surface area (Å²) in [6, 6.07) is 8.81. The van der Waals surface area contributed by atoms with E-state index in [1.54, 1.807) is 0 Å². The minimum Gasteiger partial charge on any atom is -0.344 e. The molecule has 0 aliphatic carbocycles. The van der Waals surface area contributed by atoms with Crippen LogP contribution < -0.4 is 5.32 Å². The van der Waals surface area contributed by atoms with Gasteiger partial charge in [-0.15, -0.1) is 0 Å². The summed E-state index contributed by atoms with van der Waals surface area (Å²) in [6.07, 6.45) is 6.09. The van der Waals surface area contributed by atoms with Gasteiger partial charge in [0.2, 0.25) is 0 Å². The molecule has 0 saturated heterocycles. The third kappa shape index (κ3) is 3.59. The molecule has 1 atom stereocenters. The van der Waals surface area contributed by atoms with Crippen molar-refractivity contribution in [2.75, 3.05) is 11.9 Å². The van der Waals surface area contributed by atoms with Gasteiger partial charge in [-0.2, -0.15) is 0 Å². The molecule has 1 N–H and O–H groups in total. The van der Waals surface area contributed by atoms with E-state index in [0.717, 1.165) is 18.8 Å². The first-order valence-corrected chi connectivity index (χ1v) is 7.20. The minimum atomic E-state index is 0.647. The number of hydrogen-bond donors (Lipinski definition) is 1. The topological polar surface area (TPSA) is 24.4 Å². The number of hydrogen-bond acceptors (Lipinski definition) is 2. The lowest BCUT2D eigenvalue weighted by Crippen LogP contribution is -2.11. The van der Waals surface area contributed by atoms with Gasteiger partial charge >= 0.3 is 0 Å². The van der Waals surface area contributed by atoms with Crippen LogP contribution in [0.25, 0.3) is 0 Å². The SMILES string of the molecule is CC[C@H](C)c1ccc(NC2=NCCCCC2)cc1. The Kier molecular flexibility index (Phi) is 4.80. The van der Waals surface area contributed by atoms with Gasteiger partial charge in [0.05, 0.1) is 0 Å². The predicted octanol–water partition coefficient (Wildman–Crippen LogP) is 4.58. The standard InChI is InChI=1S/C16H24N2/c1-3-13(2)14-8-10-15(11-9-14)18-16-7-5-4-6-12-17-16/h8-11,13H,3-7,12H2,1-2H3,(H,17,18)/t13-/m0/s1. The molecule has 0 fully saturated rings. The molecule has 2 rings (SSSR count). The van der Waals surface area contributed by atoms with E-state index in [9.17, 15) is 0 Å². The highest BCUT2D eigenvalue weighted by Crippen LogP contribution is 2.21. The van der Waals surface area contributed by atoms with Crippen LogP contribution in [0.5, 0.6) is 0 Å². The number of benzene rings is 1. The maximum Gasteiger partial charge on any atom is 0.101 e. The average Bonchev–Trinajstić information content (AvgIpc) is 2.67. The van der Waals surface area contributed by atoms with Gasteiger partial charge in [0, 0.05) is 18.7 Å². The monoisotopic (exact) mass is 244 g/mol. The number of nitrogens with one attached hydrogen (secondary N) is 1. The van der Waals surface area contributed by atoms with Gasteiger partial charge in [-0.05, 0) is 42.9 Å². The molecule has 0 unspecified atom stereocenters. The van der Waals surface area contributed by atoms with E-state index in [2.05, 4.69) is 48.4 Å². The van der Waals surface area contributed by atoms with Crippen molar-refractivity contribution in [3.63, 3.8) is 0 Å². The summed E-state index contributed by atoms with van der Waals surface area (Å²) in [4.78, 5) is 4.60. The first kappa shape index (κ1) is 13.1. The summed E-state index contributed by atoms with van der Waals surface area (Å²) in [5, 5.41) is 3.45. The predicted molar refractivity (Wildman–Crippen MR) is 79.5 cm³/mol. The second-order valence-electron chi connectivity index (χ2n) is 5.20. The molecular formula is C16H24N2. The van der Waals surface area contributed by atoms with Gasteiger partial charge in [0.1, 0.15) is 5.84 Å². The minimum absolute atomic E-state index is 0.647. The van der Waals surface area contributed by atoms with Gasteiger partial charge in [-0.1, -0.05) is 32.4 Å². The third-order valence-corrected chi connectivity index (χ3v) is 3.76. The van der Waals surface area contributed by atoms with Crippen molar-refractivity contribution in [3.8, 4) is 0 Å². The molecule has 0 spiro atoms. The van der Waals surface area contributed by atoms with Crippen LogP contribution in [0.1, 0.15) is 57.4 Å². The molecule has 1 aromatic rings. The molecule has 2 nitrogen and oxygen atoms in total. The number of anilines is 1. The molecule has 1 aliphatic heterocycles. The Morgan fingerprint density at radius 1 is 1.17 bits per heavy atom.